The maximum absolute atomic E-state index is 12.7. The third-order valence-electron chi connectivity index (χ3n) is 3.27. The molecule has 2 heterocycles. The Morgan fingerprint density at radius 1 is 1.44 bits per heavy atom. The third-order valence-corrected chi connectivity index (χ3v) is 3.27. The van der Waals surface area contributed by atoms with Crippen LogP contribution in [0.1, 0.15) is 18.4 Å². The summed E-state index contributed by atoms with van der Waals surface area (Å²) in [4.78, 5) is 5.87. The van der Waals surface area contributed by atoms with Crippen LogP contribution < -0.4 is 10.6 Å². The SMILES string of the molecule is NCc1cccnc1N1CCCC(C(F)(F)F)C1. The minimum absolute atomic E-state index is 0.0203. The van der Waals surface area contributed by atoms with Crippen molar-refractivity contribution in [2.24, 2.45) is 11.7 Å². The molecule has 1 aromatic rings. The largest absolute Gasteiger partial charge is 0.393 e. The number of hydrogen-bond donors (Lipinski definition) is 1. The van der Waals surface area contributed by atoms with Crippen molar-refractivity contribution in [3.8, 4) is 0 Å². The van der Waals surface area contributed by atoms with Gasteiger partial charge in [-0.1, -0.05) is 6.07 Å². The number of anilines is 1. The summed E-state index contributed by atoms with van der Waals surface area (Å²) in [6, 6.07) is 3.55. The average molecular weight is 259 g/mol. The van der Waals surface area contributed by atoms with E-state index in [9.17, 15) is 13.2 Å². The van der Waals surface area contributed by atoms with E-state index in [2.05, 4.69) is 4.98 Å². The predicted molar refractivity (Wildman–Crippen MR) is 63.1 cm³/mol. The molecule has 0 spiro atoms. The molecule has 3 nitrogen and oxygen atoms in total. The molecule has 1 aromatic heterocycles. The quantitative estimate of drug-likeness (QED) is 0.886. The normalized spacial score (nSPS) is 21.1. The Labute approximate surface area is 104 Å². The molecule has 0 bridgehead atoms. The first-order valence-corrected chi connectivity index (χ1v) is 5.98. The van der Waals surface area contributed by atoms with Gasteiger partial charge in [0.2, 0.25) is 0 Å². The summed E-state index contributed by atoms with van der Waals surface area (Å²) in [6.07, 6.45) is -1.81. The highest BCUT2D eigenvalue weighted by Crippen LogP contribution is 2.34. The molecule has 1 atom stereocenters. The van der Waals surface area contributed by atoms with E-state index in [1.807, 2.05) is 0 Å². The van der Waals surface area contributed by atoms with Crippen molar-refractivity contribution < 1.29 is 13.2 Å². The number of pyridine rings is 1. The van der Waals surface area contributed by atoms with E-state index >= 15 is 0 Å². The van der Waals surface area contributed by atoms with Gasteiger partial charge in [0.1, 0.15) is 5.82 Å². The van der Waals surface area contributed by atoms with E-state index in [4.69, 9.17) is 5.73 Å². The first kappa shape index (κ1) is 13.1. The van der Waals surface area contributed by atoms with Gasteiger partial charge in [-0.25, -0.2) is 4.98 Å². The highest BCUT2D eigenvalue weighted by molar-refractivity contribution is 5.47. The highest BCUT2D eigenvalue weighted by atomic mass is 19.4. The Balaban J connectivity index is 2.18. The second kappa shape index (κ2) is 5.14. The van der Waals surface area contributed by atoms with Gasteiger partial charge < -0.3 is 10.6 Å². The van der Waals surface area contributed by atoms with Crippen LogP contribution in [-0.4, -0.2) is 24.2 Å². The van der Waals surface area contributed by atoms with E-state index in [0.717, 1.165) is 5.56 Å². The van der Waals surface area contributed by atoms with Gasteiger partial charge in [0.15, 0.2) is 0 Å². The van der Waals surface area contributed by atoms with Crippen LogP contribution in [0, 0.1) is 5.92 Å². The van der Waals surface area contributed by atoms with Crippen molar-refractivity contribution in [3.05, 3.63) is 23.9 Å². The summed E-state index contributed by atoms with van der Waals surface area (Å²) in [6.45, 7) is 0.875. The summed E-state index contributed by atoms with van der Waals surface area (Å²) < 4.78 is 38.2. The van der Waals surface area contributed by atoms with Gasteiger partial charge in [-0.3, -0.25) is 0 Å². The predicted octanol–water partition coefficient (Wildman–Crippen LogP) is 2.32. The molecule has 0 aliphatic carbocycles. The number of alkyl halides is 3. The number of rotatable bonds is 2. The molecule has 1 saturated heterocycles. The lowest BCUT2D eigenvalue weighted by molar-refractivity contribution is -0.176. The number of hydrogen-bond acceptors (Lipinski definition) is 3. The number of aromatic nitrogens is 1. The molecule has 0 radical (unpaired) electrons. The van der Waals surface area contributed by atoms with E-state index in [1.165, 1.54) is 0 Å². The van der Waals surface area contributed by atoms with E-state index in [0.29, 0.717) is 18.8 Å². The maximum Gasteiger partial charge on any atom is 0.393 e. The fourth-order valence-corrected chi connectivity index (χ4v) is 2.31. The maximum atomic E-state index is 12.7. The van der Waals surface area contributed by atoms with Gasteiger partial charge in [-0.15, -0.1) is 0 Å². The molecule has 2 N–H and O–H groups in total. The summed E-state index contributed by atoms with van der Waals surface area (Å²) >= 11 is 0. The van der Waals surface area contributed by atoms with Crippen LogP contribution in [0.2, 0.25) is 0 Å². The second-order valence-corrected chi connectivity index (χ2v) is 4.52. The molecule has 18 heavy (non-hydrogen) atoms. The fourth-order valence-electron chi connectivity index (χ4n) is 2.31. The summed E-state index contributed by atoms with van der Waals surface area (Å²) in [5.41, 5.74) is 6.38. The van der Waals surface area contributed by atoms with Gasteiger partial charge in [0, 0.05) is 31.4 Å². The van der Waals surface area contributed by atoms with E-state index in [1.54, 1.807) is 23.2 Å². The van der Waals surface area contributed by atoms with Crippen LogP contribution in [0.25, 0.3) is 0 Å². The Kier molecular flexibility index (Phi) is 3.75. The summed E-state index contributed by atoms with van der Waals surface area (Å²) in [7, 11) is 0. The second-order valence-electron chi connectivity index (χ2n) is 4.52. The smallest absolute Gasteiger partial charge is 0.356 e. The first-order chi connectivity index (χ1) is 8.52. The van der Waals surface area contributed by atoms with Crippen LogP contribution in [0.5, 0.6) is 0 Å². The summed E-state index contributed by atoms with van der Waals surface area (Å²) in [5, 5.41) is 0. The first-order valence-electron chi connectivity index (χ1n) is 5.98. The molecular formula is C12H16F3N3. The Morgan fingerprint density at radius 3 is 2.89 bits per heavy atom. The molecule has 0 aromatic carbocycles. The minimum atomic E-state index is -4.13. The van der Waals surface area contributed by atoms with E-state index < -0.39 is 12.1 Å². The number of halogens is 3. The Hall–Kier alpha value is -1.30. The van der Waals surface area contributed by atoms with Crippen molar-refractivity contribution in [1.82, 2.24) is 4.98 Å². The number of piperidine rings is 1. The highest BCUT2D eigenvalue weighted by Gasteiger charge is 2.42. The lowest BCUT2D eigenvalue weighted by Gasteiger charge is -2.35. The standard InChI is InChI=1S/C12H16F3N3/c13-12(14,15)10-4-2-6-18(8-10)11-9(7-16)3-1-5-17-11/h1,3,5,10H,2,4,6-8,16H2. The minimum Gasteiger partial charge on any atom is -0.356 e. The Morgan fingerprint density at radius 2 is 2.22 bits per heavy atom. The number of nitrogens with two attached hydrogens (primary N) is 1. The lowest BCUT2D eigenvalue weighted by atomic mass is 9.97. The van der Waals surface area contributed by atoms with Gasteiger partial charge in [-0.2, -0.15) is 13.2 Å². The van der Waals surface area contributed by atoms with Crippen molar-refractivity contribution in [3.63, 3.8) is 0 Å². The van der Waals surface area contributed by atoms with Crippen LogP contribution in [0.4, 0.5) is 19.0 Å². The van der Waals surface area contributed by atoms with Crippen LogP contribution >= 0.6 is 0 Å². The molecule has 100 valence electrons. The van der Waals surface area contributed by atoms with Crippen molar-refractivity contribution >= 4 is 5.82 Å². The van der Waals surface area contributed by atoms with Crippen molar-refractivity contribution in [2.45, 2.75) is 25.6 Å². The van der Waals surface area contributed by atoms with Crippen LogP contribution in [0.3, 0.4) is 0 Å². The molecule has 2 rings (SSSR count). The molecule has 0 amide bonds. The van der Waals surface area contributed by atoms with Gasteiger partial charge >= 0.3 is 6.18 Å². The zero-order chi connectivity index (χ0) is 13.2. The third kappa shape index (κ3) is 2.75. The molecule has 0 saturated carbocycles. The molecule has 6 heteroatoms. The molecule has 1 unspecified atom stereocenters. The molecular weight excluding hydrogens is 243 g/mol. The molecule has 1 fully saturated rings. The van der Waals surface area contributed by atoms with Crippen LogP contribution in [-0.2, 0) is 6.54 Å². The zero-order valence-electron chi connectivity index (χ0n) is 9.95. The van der Waals surface area contributed by atoms with Gasteiger partial charge in [0.25, 0.3) is 0 Å². The summed E-state index contributed by atoms with van der Waals surface area (Å²) in [5.74, 6) is -0.673. The fraction of sp³-hybridized carbons (Fsp3) is 0.583. The molecule has 1 aliphatic heterocycles. The molecule has 1 aliphatic rings. The van der Waals surface area contributed by atoms with Crippen molar-refractivity contribution in [2.75, 3.05) is 18.0 Å². The lowest BCUT2D eigenvalue weighted by Crippen LogP contribution is -2.42. The zero-order valence-corrected chi connectivity index (χ0v) is 9.95. The monoisotopic (exact) mass is 259 g/mol. The van der Waals surface area contributed by atoms with Gasteiger partial charge in [0.05, 0.1) is 5.92 Å². The topological polar surface area (TPSA) is 42.1 Å². The number of nitrogens with zero attached hydrogens (tertiary/aromatic N) is 2. The van der Waals surface area contributed by atoms with Crippen molar-refractivity contribution in [1.29, 1.82) is 0 Å². The Bertz CT molecular complexity index is 406. The average Bonchev–Trinajstić information content (AvgIpc) is 2.38. The van der Waals surface area contributed by atoms with E-state index in [-0.39, 0.29) is 19.5 Å². The van der Waals surface area contributed by atoms with Crippen LogP contribution in [0.15, 0.2) is 18.3 Å². The van der Waals surface area contributed by atoms with Gasteiger partial charge in [-0.05, 0) is 18.9 Å².